The van der Waals surface area contributed by atoms with E-state index in [-0.39, 0.29) is 0 Å². The molecule has 1 aromatic carbocycles. The van der Waals surface area contributed by atoms with Gasteiger partial charge in [-0.1, -0.05) is 11.6 Å². The van der Waals surface area contributed by atoms with E-state index in [1.807, 2.05) is 0 Å². The molecule has 0 aromatic heterocycles. The molecule has 0 saturated heterocycles. The molecule has 1 aromatic rings. The Morgan fingerprint density at radius 2 is 1.80 bits per heavy atom. The summed E-state index contributed by atoms with van der Waals surface area (Å²) in [5.74, 6) is 0.378. The molecule has 0 fully saturated rings. The van der Waals surface area contributed by atoms with Crippen molar-refractivity contribution in [3.05, 3.63) is 23.2 Å². The Morgan fingerprint density at radius 1 is 1.15 bits per heavy atom. The third-order valence-corrected chi connectivity index (χ3v) is 4.05. The summed E-state index contributed by atoms with van der Waals surface area (Å²) >= 11 is 5.86. The zero-order chi connectivity index (χ0) is 14.8. The topological polar surface area (TPSA) is 70.8 Å². The lowest BCUT2D eigenvalue weighted by Gasteiger charge is -2.07. The van der Waals surface area contributed by atoms with Crippen LogP contribution in [-0.2, 0) is 25.0 Å². The average Bonchev–Trinajstić information content (AvgIpc) is 2.44. The van der Waals surface area contributed by atoms with Crippen LogP contribution in [0.25, 0.3) is 0 Å². The first kappa shape index (κ1) is 17.4. The maximum Gasteiger partial charge on any atom is 0.0701 e. The SMILES string of the molecule is COCCOCCOCCS(=O)c1cc(Cl)ccc1N. The molecule has 0 aliphatic carbocycles. The summed E-state index contributed by atoms with van der Waals surface area (Å²) in [5.41, 5.74) is 6.25. The normalized spacial score (nSPS) is 12.5. The highest BCUT2D eigenvalue weighted by Crippen LogP contribution is 2.21. The van der Waals surface area contributed by atoms with Crippen molar-refractivity contribution in [3.8, 4) is 0 Å². The van der Waals surface area contributed by atoms with Crippen molar-refractivity contribution >= 4 is 28.1 Å². The number of benzene rings is 1. The van der Waals surface area contributed by atoms with Gasteiger partial charge in [-0.3, -0.25) is 4.21 Å². The summed E-state index contributed by atoms with van der Waals surface area (Å²) in [5, 5.41) is 0.523. The van der Waals surface area contributed by atoms with Crippen LogP contribution in [0.2, 0.25) is 5.02 Å². The van der Waals surface area contributed by atoms with Crippen LogP contribution in [0.4, 0.5) is 5.69 Å². The van der Waals surface area contributed by atoms with Gasteiger partial charge in [-0.15, -0.1) is 0 Å². The molecule has 0 bridgehead atoms. The van der Waals surface area contributed by atoms with Crippen molar-refractivity contribution in [1.82, 2.24) is 0 Å². The number of rotatable bonds is 10. The van der Waals surface area contributed by atoms with E-state index < -0.39 is 10.8 Å². The number of nitrogens with two attached hydrogens (primary N) is 1. The van der Waals surface area contributed by atoms with Crippen LogP contribution >= 0.6 is 11.6 Å². The molecule has 1 rings (SSSR count). The van der Waals surface area contributed by atoms with Crippen LogP contribution < -0.4 is 5.73 Å². The molecule has 0 spiro atoms. The lowest BCUT2D eigenvalue weighted by atomic mass is 10.3. The molecule has 0 saturated carbocycles. The van der Waals surface area contributed by atoms with Gasteiger partial charge in [-0.05, 0) is 18.2 Å². The van der Waals surface area contributed by atoms with E-state index in [9.17, 15) is 4.21 Å². The summed E-state index contributed by atoms with van der Waals surface area (Å²) in [4.78, 5) is 0.553. The summed E-state index contributed by atoms with van der Waals surface area (Å²) < 4.78 is 27.5. The number of methoxy groups -OCH3 is 1. The maximum absolute atomic E-state index is 12.0. The summed E-state index contributed by atoms with van der Waals surface area (Å²) in [6.07, 6.45) is 0. The Hall–Kier alpha value is -0.660. The Bertz CT molecular complexity index is 431. The number of halogens is 1. The quantitative estimate of drug-likeness (QED) is 0.525. The first-order valence-electron chi connectivity index (χ1n) is 6.23. The molecule has 0 heterocycles. The fraction of sp³-hybridized carbons (Fsp3) is 0.538. The Morgan fingerprint density at radius 3 is 2.50 bits per heavy atom. The van der Waals surface area contributed by atoms with Gasteiger partial charge >= 0.3 is 0 Å². The molecule has 0 amide bonds. The van der Waals surface area contributed by atoms with Gasteiger partial charge < -0.3 is 19.9 Å². The number of ether oxygens (including phenoxy) is 3. The molecule has 2 N–H and O–H groups in total. The van der Waals surface area contributed by atoms with E-state index in [1.54, 1.807) is 25.3 Å². The van der Waals surface area contributed by atoms with Gasteiger partial charge in [-0.25, -0.2) is 0 Å². The number of anilines is 1. The second-order valence-corrected chi connectivity index (χ2v) is 5.92. The highest BCUT2D eigenvalue weighted by molar-refractivity contribution is 7.85. The third kappa shape index (κ3) is 6.67. The minimum absolute atomic E-state index is 0.378. The lowest BCUT2D eigenvalue weighted by molar-refractivity contribution is 0.0285. The van der Waals surface area contributed by atoms with E-state index in [4.69, 9.17) is 31.5 Å². The second-order valence-electron chi connectivity index (χ2n) is 3.95. The largest absolute Gasteiger partial charge is 0.398 e. The fourth-order valence-electron chi connectivity index (χ4n) is 1.41. The van der Waals surface area contributed by atoms with Gasteiger partial charge in [0.25, 0.3) is 0 Å². The molecule has 0 radical (unpaired) electrons. The van der Waals surface area contributed by atoms with E-state index in [1.165, 1.54) is 0 Å². The standard InChI is InChI=1S/C13H20ClNO4S/c1-17-4-5-18-6-7-19-8-9-20(16)13-10-11(14)2-3-12(13)15/h2-3,10H,4-9,15H2,1H3. The van der Waals surface area contributed by atoms with Gasteiger partial charge in [0.2, 0.25) is 0 Å². The maximum atomic E-state index is 12.0. The predicted octanol–water partition coefficient (Wildman–Crippen LogP) is 1.71. The molecule has 0 aliphatic heterocycles. The molecule has 0 aliphatic rings. The summed E-state index contributed by atoms with van der Waals surface area (Å²) in [6.45, 7) is 2.45. The number of hydrogen-bond donors (Lipinski definition) is 1. The lowest BCUT2D eigenvalue weighted by Crippen LogP contribution is -2.12. The van der Waals surface area contributed by atoms with Crippen molar-refractivity contribution in [2.75, 3.05) is 51.6 Å². The van der Waals surface area contributed by atoms with Crippen LogP contribution in [0.3, 0.4) is 0 Å². The van der Waals surface area contributed by atoms with Crippen LogP contribution in [0.1, 0.15) is 0 Å². The molecule has 1 atom stereocenters. The molecule has 1 unspecified atom stereocenters. The van der Waals surface area contributed by atoms with Crippen LogP contribution in [-0.4, -0.2) is 50.1 Å². The van der Waals surface area contributed by atoms with Gasteiger partial charge in [-0.2, -0.15) is 0 Å². The molecule has 114 valence electrons. The van der Waals surface area contributed by atoms with Crippen molar-refractivity contribution in [2.45, 2.75) is 4.90 Å². The van der Waals surface area contributed by atoms with Crippen molar-refractivity contribution in [2.24, 2.45) is 0 Å². The van der Waals surface area contributed by atoms with E-state index in [2.05, 4.69) is 0 Å². The van der Waals surface area contributed by atoms with Gasteiger partial charge in [0, 0.05) is 17.8 Å². The molecule has 20 heavy (non-hydrogen) atoms. The minimum Gasteiger partial charge on any atom is -0.398 e. The van der Waals surface area contributed by atoms with Gasteiger partial charge in [0.15, 0.2) is 0 Å². The van der Waals surface area contributed by atoms with E-state index in [0.29, 0.717) is 54.4 Å². The zero-order valence-corrected chi connectivity index (χ0v) is 13.0. The van der Waals surface area contributed by atoms with Crippen molar-refractivity contribution < 1.29 is 18.4 Å². The highest BCUT2D eigenvalue weighted by Gasteiger charge is 2.08. The Labute approximate surface area is 126 Å². The van der Waals surface area contributed by atoms with Crippen LogP contribution in [0.5, 0.6) is 0 Å². The molecular formula is C13H20ClNO4S. The number of hydrogen-bond acceptors (Lipinski definition) is 5. The number of nitrogen functional groups attached to an aromatic ring is 1. The molecule has 7 heteroatoms. The van der Waals surface area contributed by atoms with E-state index in [0.717, 1.165) is 0 Å². The zero-order valence-electron chi connectivity index (χ0n) is 11.5. The first-order chi connectivity index (χ1) is 9.65. The van der Waals surface area contributed by atoms with Crippen LogP contribution in [0.15, 0.2) is 23.1 Å². The van der Waals surface area contributed by atoms with Crippen LogP contribution in [0, 0.1) is 0 Å². The monoisotopic (exact) mass is 321 g/mol. The predicted molar refractivity (Wildman–Crippen MR) is 80.7 cm³/mol. The highest BCUT2D eigenvalue weighted by atomic mass is 35.5. The first-order valence-corrected chi connectivity index (χ1v) is 7.92. The Kier molecular flexibility index (Phi) is 8.80. The van der Waals surface area contributed by atoms with Gasteiger partial charge in [0.05, 0.1) is 54.5 Å². The smallest absolute Gasteiger partial charge is 0.0701 e. The molecule has 5 nitrogen and oxygen atoms in total. The summed E-state index contributed by atoms with van der Waals surface area (Å²) in [6, 6.07) is 4.95. The summed E-state index contributed by atoms with van der Waals surface area (Å²) in [7, 11) is 0.411. The molecular weight excluding hydrogens is 302 g/mol. The Balaban J connectivity index is 2.18. The van der Waals surface area contributed by atoms with E-state index >= 15 is 0 Å². The van der Waals surface area contributed by atoms with Crippen molar-refractivity contribution in [1.29, 1.82) is 0 Å². The third-order valence-electron chi connectivity index (χ3n) is 2.44. The average molecular weight is 322 g/mol. The minimum atomic E-state index is -1.21. The fourth-order valence-corrected chi connectivity index (χ4v) is 2.73. The van der Waals surface area contributed by atoms with Gasteiger partial charge in [0.1, 0.15) is 0 Å². The second kappa shape index (κ2) is 10.1. The van der Waals surface area contributed by atoms with Crippen molar-refractivity contribution in [3.63, 3.8) is 0 Å².